The van der Waals surface area contributed by atoms with E-state index < -0.39 is 0 Å². The average Bonchev–Trinajstić information content (AvgIpc) is 3.03. The van der Waals surface area contributed by atoms with Crippen molar-refractivity contribution in [3.8, 4) is 0 Å². The summed E-state index contributed by atoms with van der Waals surface area (Å²) < 4.78 is 1.11. The lowest BCUT2D eigenvalue weighted by Crippen LogP contribution is -2.39. The predicted molar refractivity (Wildman–Crippen MR) is 75.9 cm³/mol. The zero-order chi connectivity index (χ0) is 12.5. The monoisotopic (exact) mass is 329 g/mol. The molecule has 18 heavy (non-hydrogen) atoms. The normalized spacial score (nSPS) is 27.8. The fraction of sp³-hybridized carbons (Fsp3) is 0.583. The molecule has 2 N–H and O–H groups in total. The van der Waals surface area contributed by atoms with Crippen molar-refractivity contribution in [1.82, 2.24) is 15.5 Å². The zero-order valence-corrected chi connectivity index (χ0v) is 12.4. The number of thiophene rings is 1. The third-order valence-electron chi connectivity index (χ3n) is 3.53. The number of hydrogen-bond donors (Lipinski definition) is 2. The van der Waals surface area contributed by atoms with E-state index >= 15 is 0 Å². The Morgan fingerprint density at radius 2 is 2.39 bits per heavy atom. The molecule has 2 amide bonds. The molecule has 98 valence electrons. The van der Waals surface area contributed by atoms with Gasteiger partial charge in [0, 0.05) is 24.0 Å². The van der Waals surface area contributed by atoms with Crippen molar-refractivity contribution in [2.75, 3.05) is 19.6 Å². The summed E-state index contributed by atoms with van der Waals surface area (Å²) in [4.78, 5) is 15.1. The van der Waals surface area contributed by atoms with Gasteiger partial charge in [0.1, 0.15) is 0 Å². The Balaban J connectivity index is 1.62. The van der Waals surface area contributed by atoms with Crippen LogP contribution in [0.25, 0.3) is 0 Å². The largest absolute Gasteiger partial charge is 0.329 e. The minimum absolute atomic E-state index is 0.0678. The van der Waals surface area contributed by atoms with E-state index in [1.807, 2.05) is 11.0 Å². The third kappa shape index (κ3) is 2.55. The second-order valence-electron chi connectivity index (χ2n) is 4.84. The van der Waals surface area contributed by atoms with Crippen LogP contribution in [0.5, 0.6) is 0 Å². The summed E-state index contributed by atoms with van der Waals surface area (Å²) in [5, 5.41) is 6.49. The van der Waals surface area contributed by atoms with Gasteiger partial charge in [-0.05, 0) is 47.4 Å². The number of carbonyl (C=O) groups is 1. The molecule has 0 radical (unpaired) electrons. The Morgan fingerprint density at radius 1 is 1.50 bits per heavy atom. The molecule has 1 aromatic heterocycles. The van der Waals surface area contributed by atoms with E-state index in [4.69, 9.17) is 0 Å². The van der Waals surface area contributed by atoms with Crippen molar-refractivity contribution in [3.05, 3.63) is 20.8 Å². The highest BCUT2D eigenvalue weighted by Crippen LogP contribution is 2.30. The maximum atomic E-state index is 11.9. The van der Waals surface area contributed by atoms with Crippen LogP contribution < -0.4 is 10.6 Å². The highest BCUT2D eigenvalue weighted by Gasteiger charge is 2.32. The average molecular weight is 330 g/mol. The van der Waals surface area contributed by atoms with Gasteiger partial charge in [-0.15, -0.1) is 11.3 Å². The van der Waals surface area contributed by atoms with Crippen LogP contribution >= 0.6 is 27.3 Å². The molecule has 2 aliphatic heterocycles. The second kappa shape index (κ2) is 5.19. The van der Waals surface area contributed by atoms with Crippen LogP contribution in [-0.2, 0) is 0 Å². The Morgan fingerprint density at radius 3 is 3.06 bits per heavy atom. The molecule has 6 heteroatoms. The summed E-state index contributed by atoms with van der Waals surface area (Å²) in [7, 11) is 0. The molecular formula is C12H16BrN3OS. The lowest BCUT2D eigenvalue weighted by Gasteiger charge is -2.19. The fourth-order valence-electron chi connectivity index (χ4n) is 2.60. The third-order valence-corrected chi connectivity index (χ3v) is 5.27. The Kier molecular flexibility index (Phi) is 3.59. The summed E-state index contributed by atoms with van der Waals surface area (Å²) in [6.07, 6.45) is 2.40. The molecule has 3 heterocycles. The quantitative estimate of drug-likeness (QED) is 0.893. The molecule has 0 aliphatic carbocycles. The number of urea groups is 1. The molecule has 1 aromatic rings. The fourth-order valence-corrected chi connectivity index (χ4v) is 4.07. The summed E-state index contributed by atoms with van der Waals surface area (Å²) in [5.74, 6) is 0. The highest BCUT2D eigenvalue weighted by atomic mass is 79.9. The molecule has 0 aromatic carbocycles. The van der Waals surface area contributed by atoms with Gasteiger partial charge in [0.05, 0.1) is 9.83 Å². The number of nitrogens with one attached hydrogen (secondary N) is 2. The smallest absolute Gasteiger partial charge is 0.318 e. The molecule has 2 fully saturated rings. The maximum Gasteiger partial charge on any atom is 0.318 e. The van der Waals surface area contributed by atoms with E-state index in [0.717, 1.165) is 23.4 Å². The van der Waals surface area contributed by atoms with Gasteiger partial charge in [0.2, 0.25) is 0 Å². The number of carbonyl (C=O) groups excluding carboxylic acids is 1. The van der Waals surface area contributed by atoms with Crippen LogP contribution in [0.1, 0.15) is 23.8 Å². The van der Waals surface area contributed by atoms with Gasteiger partial charge >= 0.3 is 6.03 Å². The summed E-state index contributed by atoms with van der Waals surface area (Å²) in [6, 6.07) is 4.81. The van der Waals surface area contributed by atoms with Gasteiger partial charge in [-0.1, -0.05) is 0 Å². The molecule has 2 aliphatic rings. The van der Waals surface area contributed by atoms with E-state index in [9.17, 15) is 4.79 Å². The van der Waals surface area contributed by atoms with Crippen molar-refractivity contribution < 1.29 is 4.79 Å². The number of nitrogens with zero attached hydrogens (tertiary/aromatic N) is 1. The SMILES string of the molecule is O=C1NC(c2ccc(Br)s2)CN1CC1CCCN1. The lowest BCUT2D eigenvalue weighted by molar-refractivity contribution is 0.213. The van der Waals surface area contributed by atoms with Crippen LogP contribution in [0.4, 0.5) is 4.79 Å². The molecule has 2 unspecified atom stereocenters. The van der Waals surface area contributed by atoms with E-state index in [2.05, 4.69) is 32.6 Å². The molecule has 2 saturated heterocycles. The number of hydrogen-bond acceptors (Lipinski definition) is 3. The number of halogens is 1. The standard InChI is InChI=1S/C12H16BrN3OS/c13-11-4-3-10(18-11)9-7-16(12(17)15-9)6-8-2-1-5-14-8/h3-4,8-9,14H,1-2,5-7H2,(H,15,17). The molecule has 0 bridgehead atoms. The first-order chi connectivity index (χ1) is 8.72. The molecule has 3 rings (SSSR count). The summed E-state index contributed by atoms with van der Waals surface area (Å²) in [6.45, 7) is 2.69. The van der Waals surface area contributed by atoms with Crippen LogP contribution in [0, 0.1) is 0 Å². The highest BCUT2D eigenvalue weighted by molar-refractivity contribution is 9.11. The molecule has 0 spiro atoms. The Hall–Kier alpha value is -0.590. The van der Waals surface area contributed by atoms with Gasteiger partial charge in [0.25, 0.3) is 0 Å². The van der Waals surface area contributed by atoms with Crippen LogP contribution in [0.3, 0.4) is 0 Å². The van der Waals surface area contributed by atoms with Gasteiger partial charge in [-0.3, -0.25) is 0 Å². The predicted octanol–water partition coefficient (Wildman–Crippen LogP) is 2.33. The van der Waals surface area contributed by atoms with Crippen molar-refractivity contribution in [2.45, 2.75) is 24.9 Å². The minimum Gasteiger partial charge on any atom is -0.329 e. The van der Waals surface area contributed by atoms with Gasteiger partial charge in [-0.2, -0.15) is 0 Å². The van der Waals surface area contributed by atoms with E-state index in [-0.39, 0.29) is 12.1 Å². The molecule has 2 atom stereocenters. The van der Waals surface area contributed by atoms with Gasteiger partial charge in [-0.25, -0.2) is 4.79 Å². The summed E-state index contributed by atoms with van der Waals surface area (Å²) in [5.41, 5.74) is 0. The van der Waals surface area contributed by atoms with E-state index in [0.29, 0.717) is 6.04 Å². The zero-order valence-electron chi connectivity index (χ0n) is 9.99. The van der Waals surface area contributed by atoms with Crippen LogP contribution in [0.2, 0.25) is 0 Å². The molecular weight excluding hydrogens is 314 g/mol. The first-order valence-electron chi connectivity index (χ1n) is 6.26. The number of rotatable bonds is 3. The van der Waals surface area contributed by atoms with Crippen molar-refractivity contribution in [2.24, 2.45) is 0 Å². The first kappa shape index (κ1) is 12.4. The molecule has 4 nitrogen and oxygen atoms in total. The van der Waals surface area contributed by atoms with Gasteiger partial charge < -0.3 is 15.5 Å². The summed E-state index contributed by atoms with van der Waals surface area (Å²) >= 11 is 5.15. The topological polar surface area (TPSA) is 44.4 Å². The lowest BCUT2D eigenvalue weighted by atomic mass is 10.2. The van der Waals surface area contributed by atoms with Crippen LogP contribution in [-0.4, -0.2) is 36.6 Å². The Labute approximate surface area is 119 Å². The Bertz CT molecular complexity index is 444. The van der Waals surface area contributed by atoms with Gasteiger partial charge in [0.15, 0.2) is 0 Å². The van der Waals surface area contributed by atoms with E-state index in [1.54, 1.807) is 11.3 Å². The van der Waals surface area contributed by atoms with Crippen molar-refractivity contribution >= 4 is 33.3 Å². The molecule has 0 saturated carbocycles. The van der Waals surface area contributed by atoms with E-state index in [1.165, 1.54) is 17.7 Å². The first-order valence-corrected chi connectivity index (χ1v) is 7.87. The minimum atomic E-state index is 0.0678. The number of amides is 2. The van der Waals surface area contributed by atoms with Crippen molar-refractivity contribution in [1.29, 1.82) is 0 Å². The van der Waals surface area contributed by atoms with Crippen LogP contribution in [0.15, 0.2) is 15.9 Å². The second-order valence-corrected chi connectivity index (χ2v) is 7.34. The van der Waals surface area contributed by atoms with Crippen molar-refractivity contribution in [3.63, 3.8) is 0 Å². The maximum absolute atomic E-state index is 11.9.